The Kier molecular flexibility index (Phi) is 6.59. The SMILES string of the molecule is Cc1cc(C)n(-c2cccc(NS(=O)(=O)c3ccc(OCCCC(=O)O)c(F)c3)c2)n1. The third kappa shape index (κ3) is 5.60. The molecular formula is C21H22FN3O5S. The predicted molar refractivity (Wildman–Crippen MR) is 113 cm³/mol. The molecule has 2 aromatic carbocycles. The predicted octanol–water partition coefficient (Wildman–Crippen LogP) is 3.67. The number of hydrogen-bond donors (Lipinski definition) is 2. The Morgan fingerprint density at radius 2 is 1.97 bits per heavy atom. The molecule has 3 aromatic rings. The first-order chi connectivity index (χ1) is 14.7. The first-order valence-corrected chi connectivity index (χ1v) is 10.9. The maximum atomic E-state index is 14.3. The van der Waals surface area contributed by atoms with E-state index in [2.05, 4.69) is 9.82 Å². The largest absolute Gasteiger partial charge is 0.491 e. The summed E-state index contributed by atoms with van der Waals surface area (Å²) in [7, 11) is -4.05. The standard InChI is InChI=1S/C21H22FN3O5S/c1-14-11-15(2)25(23-14)17-6-3-5-16(12-17)24-31(28,29)18-8-9-20(19(22)13-18)30-10-4-7-21(26)27/h3,5-6,8-9,11-13,24H,4,7,10H2,1-2H3,(H,26,27). The van der Waals surface area contributed by atoms with Crippen LogP contribution >= 0.6 is 0 Å². The van der Waals surface area contributed by atoms with Crippen LogP contribution in [-0.2, 0) is 14.8 Å². The van der Waals surface area contributed by atoms with Crippen LogP contribution in [0.25, 0.3) is 5.69 Å². The van der Waals surface area contributed by atoms with Crippen molar-refractivity contribution in [2.24, 2.45) is 0 Å². The average molecular weight is 447 g/mol. The van der Waals surface area contributed by atoms with Crippen LogP contribution in [0.15, 0.2) is 53.4 Å². The van der Waals surface area contributed by atoms with Crippen molar-refractivity contribution >= 4 is 21.7 Å². The Morgan fingerprint density at radius 1 is 1.19 bits per heavy atom. The Balaban J connectivity index is 1.75. The summed E-state index contributed by atoms with van der Waals surface area (Å²) >= 11 is 0. The van der Waals surface area contributed by atoms with Gasteiger partial charge in [0.15, 0.2) is 11.6 Å². The number of rotatable bonds is 9. The molecule has 0 fully saturated rings. The molecule has 0 spiro atoms. The molecule has 0 aliphatic rings. The summed E-state index contributed by atoms with van der Waals surface area (Å²) in [6.45, 7) is 3.77. The highest BCUT2D eigenvalue weighted by Crippen LogP contribution is 2.24. The Morgan fingerprint density at radius 3 is 2.61 bits per heavy atom. The molecule has 2 N–H and O–H groups in total. The molecule has 1 heterocycles. The van der Waals surface area contributed by atoms with Gasteiger partial charge in [-0.3, -0.25) is 9.52 Å². The lowest BCUT2D eigenvalue weighted by molar-refractivity contribution is -0.137. The van der Waals surface area contributed by atoms with E-state index in [1.54, 1.807) is 28.9 Å². The summed E-state index contributed by atoms with van der Waals surface area (Å²) in [5, 5.41) is 13.0. The number of aryl methyl sites for hydroxylation is 2. The van der Waals surface area contributed by atoms with Gasteiger partial charge in [-0.1, -0.05) is 6.07 Å². The van der Waals surface area contributed by atoms with Crippen LogP contribution in [0.2, 0.25) is 0 Å². The Labute approximate surface area is 179 Å². The summed E-state index contributed by atoms with van der Waals surface area (Å²) in [4.78, 5) is 10.2. The zero-order chi connectivity index (χ0) is 22.6. The number of sulfonamides is 1. The normalized spacial score (nSPS) is 11.3. The van der Waals surface area contributed by atoms with Gasteiger partial charge in [0.05, 0.1) is 28.6 Å². The van der Waals surface area contributed by atoms with E-state index in [-0.39, 0.29) is 30.1 Å². The lowest BCUT2D eigenvalue weighted by Gasteiger charge is -2.12. The highest BCUT2D eigenvalue weighted by molar-refractivity contribution is 7.92. The number of aliphatic carboxylic acids is 1. The highest BCUT2D eigenvalue weighted by atomic mass is 32.2. The third-order valence-corrected chi connectivity index (χ3v) is 5.74. The molecule has 0 aliphatic carbocycles. The number of nitrogens with one attached hydrogen (secondary N) is 1. The van der Waals surface area contributed by atoms with Gasteiger partial charge in [0.1, 0.15) is 0 Å². The van der Waals surface area contributed by atoms with Crippen LogP contribution in [0.5, 0.6) is 5.75 Å². The number of carboxylic acids is 1. The minimum atomic E-state index is -4.05. The van der Waals surface area contributed by atoms with Crippen molar-refractivity contribution in [3.63, 3.8) is 0 Å². The molecule has 0 amide bonds. The van der Waals surface area contributed by atoms with Gasteiger partial charge >= 0.3 is 5.97 Å². The fraction of sp³-hybridized carbons (Fsp3) is 0.238. The van der Waals surface area contributed by atoms with Gasteiger partial charge in [-0.05, 0) is 62.7 Å². The van der Waals surface area contributed by atoms with E-state index in [1.807, 2.05) is 19.9 Å². The zero-order valence-electron chi connectivity index (χ0n) is 17.0. The number of carboxylic acid groups (broad SMARTS) is 1. The molecule has 164 valence electrons. The maximum Gasteiger partial charge on any atom is 0.303 e. The second-order valence-electron chi connectivity index (χ2n) is 6.93. The van der Waals surface area contributed by atoms with Gasteiger partial charge in [-0.25, -0.2) is 17.5 Å². The van der Waals surface area contributed by atoms with Gasteiger partial charge in [-0.15, -0.1) is 0 Å². The number of aromatic nitrogens is 2. The average Bonchev–Trinajstić information content (AvgIpc) is 3.04. The van der Waals surface area contributed by atoms with E-state index < -0.39 is 21.8 Å². The number of carbonyl (C=O) groups is 1. The summed E-state index contributed by atoms with van der Waals surface area (Å²) < 4.78 is 49.0. The van der Waals surface area contributed by atoms with Crippen molar-refractivity contribution in [3.8, 4) is 11.4 Å². The number of anilines is 1. The van der Waals surface area contributed by atoms with Crippen molar-refractivity contribution in [2.75, 3.05) is 11.3 Å². The van der Waals surface area contributed by atoms with Gasteiger partial charge in [0.25, 0.3) is 10.0 Å². The van der Waals surface area contributed by atoms with Crippen LogP contribution in [0.3, 0.4) is 0 Å². The van der Waals surface area contributed by atoms with Crippen LogP contribution in [0, 0.1) is 19.7 Å². The van der Waals surface area contributed by atoms with Gasteiger partial charge in [-0.2, -0.15) is 5.10 Å². The number of hydrogen-bond acceptors (Lipinski definition) is 5. The minimum Gasteiger partial charge on any atom is -0.491 e. The topological polar surface area (TPSA) is 111 Å². The number of ether oxygens (including phenoxy) is 1. The summed E-state index contributed by atoms with van der Waals surface area (Å²) in [5.41, 5.74) is 2.73. The Hall–Kier alpha value is -3.40. The maximum absolute atomic E-state index is 14.3. The molecule has 3 rings (SSSR count). The smallest absolute Gasteiger partial charge is 0.303 e. The second kappa shape index (κ2) is 9.17. The van der Waals surface area contributed by atoms with E-state index in [1.165, 1.54) is 12.1 Å². The van der Waals surface area contributed by atoms with Crippen molar-refractivity contribution in [3.05, 3.63) is 65.7 Å². The van der Waals surface area contributed by atoms with E-state index in [9.17, 15) is 17.6 Å². The van der Waals surface area contributed by atoms with Crippen molar-refractivity contribution in [1.82, 2.24) is 9.78 Å². The van der Waals surface area contributed by atoms with Crippen LogP contribution in [0.1, 0.15) is 24.2 Å². The fourth-order valence-corrected chi connectivity index (χ4v) is 4.04. The van der Waals surface area contributed by atoms with E-state index in [0.717, 1.165) is 17.5 Å². The second-order valence-corrected chi connectivity index (χ2v) is 8.62. The van der Waals surface area contributed by atoms with Crippen LogP contribution in [-0.4, -0.2) is 35.9 Å². The molecule has 0 radical (unpaired) electrons. The van der Waals surface area contributed by atoms with Gasteiger partial charge in [0, 0.05) is 12.1 Å². The highest BCUT2D eigenvalue weighted by Gasteiger charge is 2.18. The monoisotopic (exact) mass is 447 g/mol. The molecule has 0 bridgehead atoms. The summed E-state index contributed by atoms with van der Waals surface area (Å²) in [5.74, 6) is -1.97. The van der Waals surface area contributed by atoms with Gasteiger partial charge in [0.2, 0.25) is 0 Å². The molecule has 1 aromatic heterocycles. The number of halogens is 1. The number of nitrogens with zero attached hydrogens (tertiary/aromatic N) is 2. The summed E-state index contributed by atoms with van der Waals surface area (Å²) in [6, 6.07) is 11.9. The van der Waals surface area contributed by atoms with E-state index >= 15 is 0 Å². The van der Waals surface area contributed by atoms with Crippen molar-refractivity contribution < 1.29 is 27.4 Å². The van der Waals surface area contributed by atoms with E-state index in [0.29, 0.717) is 11.4 Å². The molecule has 0 saturated carbocycles. The quantitative estimate of drug-likeness (QED) is 0.484. The van der Waals surface area contributed by atoms with Crippen molar-refractivity contribution in [2.45, 2.75) is 31.6 Å². The third-order valence-electron chi connectivity index (χ3n) is 4.36. The summed E-state index contributed by atoms with van der Waals surface area (Å²) in [6.07, 6.45) is 0.108. The zero-order valence-corrected chi connectivity index (χ0v) is 17.8. The first-order valence-electron chi connectivity index (χ1n) is 9.46. The Bertz CT molecular complexity index is 1210. The molecule has 0 unspecified atom stereocenters. The molecular weight excluding hydrogens is 425 g/mol. The van der Waals surface area contributed by atoms with E-state index in [4.69, 9.17) is 9.84 Å². The minimum absolute atomic E-state index is 0.00663. The van der Waals surface area contributed by atoms with Crippen LogP contribution in [0.4, 0.5) is 10.1 Å². The lowest BCUT2D eigenvalue weighted by Crippen LogP contribution is -2.14. The molecule has 0 atom stereocenters. The van der Waals surface area contributed by atoms with Crippen LogP contribution < -0.4 is 9.46 Å². The molecule has 0 saturated heterocycles. The fourth-order valence-electron chi connectivity index (χ4n) is 2.98. The molecule has 10 heteroatoms. The van der Waals surface area contributed by atoms with Gasteiger partial charge < -0.3 is 9.84 Å². The number of benzene rings is 2. The van der Waals surface area contributed by atoms with Crippen molar-refractivity contribution in [1.29, 1.82) is 0 Å². The molecule has 8 nitrogen and oxygen atoms in total. The lowest BCUT2D eigenvalue weighted by atomic mass is 10.3. The first kappa shape index (κ1) is 22.3. The molecule has 0 aliphatic heterocycles. The molecule has 31 heavy (non-hydrogen) atoms.